The molecule has 0 saturated carbocycles. The van der Waals surface area contributed by atoms with Crippen molar-refractivity contribution in [2.45, 2.75) is 6.92 Å². The average Bonchev–Trinajstić information content (AvgIpc) is 2.99. The van der Waals surface area contributed by atoms with Crippen LogP contribution < -0.4 is 21.6 Å². The number of nitrogens with two attached hydrogens (primary N) is 1. The minimum Gasteiger partial charge on any atom is -0.399 e. The molecule has 0 saturated heterocycles. The van der Waals surface area contributed by atoms with Gasteiger partial charge in [-0.2, -0.15) is 5.10 Å². The normalized spacial score (nSPS) is 12.2. The molecule has 0 aliphatic carbocycles. The number of rotatable bonds is 7. The lowest BCUT2D eigenvalue weighted by Gasteiger charge is -2.28. The SMILES string of the molecule is C/C(C=P(c1ccccc1)(c1ccccc1)c1ccccc1)=N\N=C(/c1ccccc1)c1ccc(N)cc1. The van der Waals surface area contributed by atoms with Crippen LogP contribution in [0.5, 0.6) is 0 Å². The molecule has 0 atom stereocenters. The Morgan fingerprint density at radius 2 is 0.921 bits per heavy atom. The monoisotopic (exact) mass is 511 g/mol. The fraction of sp³-hybridized carbons (Fsp3) is 0.0294. The Hall–Kier alpha value is -4.46. The van der Waals surface area contributed by atoms with Gasteiger partial charge in [0.25, 0.3) is 0 Å². The van der Waals surface area contributed by atoms with E-state index in [0.29, 0.717) is 0 Å². The van der Waals surface area contributed by atoms with Crippen molar-refractivity contribution < 1.29 is 0 Å². The molecule has 5 aromatic carbocycles. The van der Waals surface area contributed by atoms with Gasteiger partial charge in [-0.3, -0.25) is 0 Å². The highest BCUT2D eigenvalue weighted by Gasteiger charge is 2.25. The topological polar surface area (TPSA) is 50.7 Å². The van der Waals surface area contributed by atoms with E-state index in [1.54, 1.807) is 0 Å². The van der Waals surface area contributed by atoms with Crippen LogP contribution in [0, 0.1) is 0 Å². The van der Waals surface area contributed by atoms with Gasteiger partial charge in [-0.05, 0) is 47.7 Å². The maximum atomic E-state index is 5.95. The lowest BCUT2D eigenvalue weighted by molar-refractivity contribution is 1.23. The van der Waals surface area contributed by atoms with Crippen molar-refractivity contribution in [3.05, 3.63) is 157 Å². The third-order valence-electron chi connectivity index (χ3n) is 6.41. The van der Waals surface area contributed by atoms with Crippen molar-refractivity contribution in [3.63, 3.8) is 0 Å². The van der Waals surface area contributed by atoms with Crippen LogP contribution in [0.25, 0.3) is 0 Å². The van der Waals surface area contributed by atoms with E-state index >= 15 is 0 Å². The molecule has 0 radical (unpaired) electrons. The highest BCUT2D eigenvalue weighted by molar-refractivity contribution is 7.95. The molecule has 0 heterocycles. The number of hydrogen-bond acceptors (Lipinski definition) is 3. The summed E-state index contributed by atoms with van der Waals surface area (Å²) in [6.07, 6.45) is 0. The molecular weight excluding hydrogens is 481 g/mol. The summed E-state index contributed by atoms with van der Waals surface area (Å²) in [5.74, 6) is 2.34. The van der Waals surface area contributed by atoms with E-state index in [2.05, 4.69) is 109 Å². The lowest BCUT2D eigenvalue weighted by atomic mass is 10.0. The zero-order valence-electron chi connectivity index (χ0n) is 21.4. The van der Waals surface area contributed by atoms with Crippen LogP contribution in [0.2, 0.25) is 0 Å². The van der Waals surface area contributed by atoms with Crippen LogP contribution in [0.15, 0.2) is 156 Å². The van der Waals surface area contributed by atoms with E-state index in [0.717, 1.165) is 28.2 Å². The second kappa shape index (κ2) is 11.7. The molecule has 2 N–H and O–H groups in total. The first-order valence-corrected chi connectivity index (χ1v) is 14.5. The number of nitrogen functional groups attached to an aromatic ring is 1. The Morgan fingerprint density at radius 3 is 1.37 bits per heavy atom. The second-order valence-electron chi connectivity index (χ2n) is 9.04. The fourth-order valence-electron chi connectivity index (χ4n) is 4.61. The first-order chi connectivity index (χ1) is 18.7. The number of hydrogen-bond donors (Lipinski definition) is 1. The minimum atomic E-state index is -2.16. The van der Waals surface area contributed by atoms with Gasteiger partial charge in [-0.25, -0.2) is 0 Å². The van der Waals surface area contributed by atoms with Crippen molar-refractivity contribution in [2.24, 2.45) is 10.2 Å². The molecule has 0 amide bonds. The van der Waals surface area contributed by atoms with Crippen molar-refractivity contribution in [2.75, 3.05) is 5.73 Å². The molecule has 0 aliphatic rings. The number of anilines is 1. The van der Waals surface area contributed by atoms with E-state index in [-0.39, 0.29) is 0 Å². The van der Waals surface area contributed by atoms with Crippen LogP contribution in [-0.2, 0) is 0 Å². The van der Waals surface area contributed by atoms with Gasteiger partial charge < -0.3 is 5.73 Å². The van der Waals surface area contributed by atoms with Gasteiger partial charge in [0.1, 0.15) is 5.71 Å². The van der Waals surface area contributed by atoms with Gasteiger partial charge in [0.05, 0.1) is 5.71 Å². The lowest BCUT2D eigenvalue weighted by Crippen LogP contribution is -2.28. The summed E-state index contributed by atoms with van der Waals surface area (Å²) in [7, 11) is 0. The van der Waals surface area contributed by atoms with E-state index in [9.17, 15) is 0 Å². The van der Waals surface area contributed by atoms with Gasteiger partial charge in [0.2, 0.25) is 0 Å². The van der Waals surface area contributed by atoms with Gasteiger partial charge in [-0.15, -0.1) is 5.10 Å². The molecular formula is C34H30N3P. The van der Waals surface area contributed by atoms with Crippen LogP contribution in [0.1, 0.15) is 18.1 Å². The molecule has 0 spiro atoms. The van der Waals surface area contributed by atoms with Crippen molar-refractivity contribution in [1.82, 2.24) is 0 Å². The highest BCUT2D eigenvalue weighted by Crippen LogP contribution is 2.43. The van der Waals surface area contributed by atoms with Gasteiger partial charge >= 0.3 is 0 Å². The summed E-state index contributed by atoms with van der Waals surface area (Å²) < 4.78 is 0. The molecule has 5 rings (SSSR count). The molecule has 3 nitrogen and oxygen atoms in total. The van der Waals surface area contributed by atoms with Gasteiger partial charge in [0, 0.05) is 16.8 Å². The smallest absolute Gasteiger partial charge is 0.100 e. The molecule has 0 aromatic heterocycles. The summed E-state index contributed by atoms with van der Waals surface area (Å²) in [6.45, 7) is -0.121. The van der Waals surface area contributed by atoms with Crippen LogP contribution in [-0.4, -0.2) is 17.2 Å². The summed E-state index contributed by atoms with van der Waals surface area (Å²) in [5.41, 5.74) is 10.3. The first kappa shape index (κ1) is 25.2. The van der Waals surface area contributed by atoms with Gasteiger partial charge in [-0.1, -0.05) is 133 Å². The van der Waals surface area contributed by atoms with E-state index in [4.69, 9.17) is 15.9 Å². The van der Waals surface area contributed by atoms with E-state index in [1.807, 2.05) is 49.4 Å². The zero-order chi connectivity index (χ0) is 26.2. The van der Waals surface area contributed by atoms with E-state index in [1.165, 1.54) is 15.9 Å². The first-order valence-electron chi connectivity index (χ1n) is 12.6. The molecule has 0 fully saturated rings. The molecule has 4 heteroatoms. The number of benzene rings is 5. The Kier molecular flexibility index (Phi) is 7.78. The summed E-state index contributed by atoms with van der Waals surface area (Å²) >= 11 is 0. The summed E-state index contributed by atoms with van der Waals surface area (Å²) in [5, 5.41) is 13.4. The third kappa shape index (κ3) is 5.44. The van der Waals surface area contributed by atoms with Crippen LogP contribution in [0.4, 0.5) is 5.69 Å². The Morgan fingerprint density at radius 1 is 0.526 bits per heavy atom. The van der Waals surface area contributed by atoms with Crippen molar-refractivity contribution in [1.29, 1.82) is 0 Å². The van der Waals surface area contributed by atoms with Gasteiger partial charge in [0.15, 0.2) is 0 Å². The molecule has 0 unspecified atom stereocenters. The summed E-state index contributed by atoms with van der Waals surface area (Å²) in [4.78, 5) is 0. The van der Waals surface area contributed by atoms with Crippen LogP contribution >= 0.6 is 6.89 Å². The molecule has 5 aromatic rings. The number of nitrogens with zero attached hydrogens (tertiary/aromatic N) is 2. The maximum absolute atomic E-state index is 5.95. The Bertz CT molecular complexity index is 1490. The predicted octanol–water partition coefficient (Wildman–Crippen LogP) is 6.28. The third-order valence-corrected chi connectivity index (χ3v) is 10.5. The molecule has 186 valence electrons. The standard InChI is InChI=1S/C34H30N3P/c1-27(36-37-34(28-14-6-2-7-15-28)29-22-24-30(35)25-23-29)26-38(31-16-8-3-9-17-31,32-18-10-4-11-19-32)33-20-12-5-13-21-33/h2-26H,35H2,1H3/b36-27+,37-34+. The molecule has 38 heavy (non-hydrogen) atoms. The zero-order valence-corrected chi connectivity index (χ0v) is 22.2. The van der Waals surface area contributed by atoms with Crippen molar-refractivity contribution >= 4 is 45.7 Å². The second-order valence-corrected chi connectivity index (χ2v) is 12.3. The molecule has 0 aliphatic heterocycles. The highest BCUT2D eigenvalue weighted by atomic mass is 31.2. The maximum Gasteiger partial charge on any atom is 0.100 e. The molecule has 0 bridgehead atoms. The fourth-order valence-corrected chi connectivity index (χ4v) is 8.50. The largest absolute Gasteiger partial charge is 0.399 e. The quantitative estimate of drug-likeness (QED) is 0.119. The Balaban J connectivity index is 1.74. The summed E-state index contributed by atoms with van der Waals surface area (Å²) in [6, 6.07) is 50.2. The van der Waals surface area contributed by atoms with Crippen molar-refractivity contribution in [3.8, 4) is 0 Å². The predicted molar refractivity (Wildman–Crippen MR) is 167 cm³/mol. The Labute approximate surface area is 225 Å². The van der Waals surface area contributed by atoms with E-state index < -0.39 is 6.89 Å². The average molecular weight is 512 g/mol. The van der Waals surface area contributed by atoms with Crippen LogP contribution in [0.3, 0.4) is 0 Å². The minimum absolute atomic E-state index is 0.720.